The number of nitrogens with one attached hydrogen (secondary N) is 1. The topological polar surface area (TPSA) is 94.8 Å². The molecule has 8 nitrogen and oxygen atoms in total. The van der Waals surface area contributed by atoms with Gasteiger partial charge in [-0.15, -0.1) is 11.3 Å². The third-order valence-electron chi connectivity index (χ3n) is 5.97. The molecule has 3 aromatic rings. The number of hydrogen-bond donors (Lipinski definition) is 1. The van der Waals surface area contributed by atoms with Crippen molar-refractivity contribution < 1.29 is 14.3 Å². The van der Waals surface area contributed by atoms with Crippen molar-refractivity contribution in [3.8, 4) is 11.5 Å². The van der Waals surface area contributed by atoms with Gasteiger partial charge in [0.05, 0.1) is 36.1 Å². The molecule has 1 aromatic carbocycles. The van der Waals surface area contributed by atoms with Gasteiger partial charge in [-0.3, -0.25) is 14.2 Å². The van der Waals surface area contributed by atoms with E-state index in [1.54, 1.807) is 31.4 Å². The van der Waals surface area contributed by atoms with Gasteiger partial charge in [0.15, 0.2) is 11.5 Å². The number of carbonyl (C=O) groups is 1. The molecule has 0 spiro atoms. The first-order chi connectivity index (χ1) is 16.3. The Balaban J connectivity index is 1.52. The van der Waals surface area contributed by atoms with E-state index in [4.69, 9.17) is 9.47 Å². The summed E-state index contributed by atoms with van der Waals surface area (Å²) < 4.78 is 13.1. The highest BCUT2D eigenvalue weighted by Crippen LogP contribution is 2.37. The van der Waals surface area contributed by atoms with E-state index < -0.39 is 11.9 Å². The van der Waals surface area contributed by atoms with E-state index in [0.717, 1.165) is 29.7 Å². The number of hydrazone groups is 1. The first kappa shape index (κ1) is 24.4. The third-order valence-corrected chi connectivity index (χ3v) is 7.72. The largest absolute Gasteiger partial charge is 0.493 e. The standard InChI is InChI=1S/C24H27BrN4O4S/c1-5-33-21-17(25)9-15(10-18(21)32-4)11-27-28-22(30)14(3)29-12-26-23-20(24(29)31)16-7-6-13(2)8-19(16)34-23/h9-14H,5-8H2,1-4H3,(H,28,30)/b27-11-/t13-,14-/m0/s1. The number of rotatable bonds is 7. The monoisotopic (exact) mass is 546 g/mol. The summed E-state index contributed by atoms with van der Waals surface area (Å²) in [7, 11) is 1.56. The summed E-state index contributed by atoms with van der Waals surface area (Å²) in [5, 5.41) is 4.72. The molecule has 2 aromatic heterocycles. The zero-order valence-electron chi connectivity index (χ0n) is 19.6. The minimum absolute atomic E-state index is 0.177. The SMILES string of the molecule is CCOc1c(Br)cc(/C=N\NC(=O)[C@H](C)n2cnc3sc4c(c3c2=O)CC[C@H](C)C4)cc1OC. The molecule has 34 heavy (non-hydrogen) atoms. The molecule has 0 saturated heterocycles. The average Bonchev–Trinajstić information content (AvgIpc) is 3.18. The number of aryl methyl sites for hydroxylation is 1. The fourth-order valence-electron chi connectivity index (χ4n) is 4.11. The Hall–Kier alpha value is -2.72. The number of nitrogens with zero attached hydrogens (tertiary/aromatic N) is 3. The van der Waals surface area contributed by atoms with E-state index in [1.807, 2.05) is 13.0 Å². The predicted molar refractivity (Wildman–Crippen MR) is 137 cm³/mol. The second-order valence-electron chi connectivity index (χ2n) is 8.37. The van der Waals surface area contributed by atoms with Crippen molar-refractivity contribution in [3.05, 3.63) is 49.3 Å². The summed E-state index contributed by atoms with van der Waals surface area (Å²) in [6.45, 7) is 6.29. The maximum atomic E-state index is 13.3. The van der Waals surface area contributed by atoms with Gasteiger partial charge in [-0.05, 0) is 78.2 Å². The molecule has 180 valence electrons. The highest BCUT2D eigenvalue weighted by molar-refractivity contribution is 9.10. The maximum Gasteiger partial charge on any atom is 0.263 e. The molecule has 0 saturated carbocycles. The average molecular weight is 547 g/mol. The van der Waals surface area contributed by atoms with Crippen LogP contribution in [0.15, 0.2) is 32.8 Å². The van der Waals surface area contributed by atoms with Gasteiger partial charge in [0, 0.05) is 4.88 Å². The molecular formula is C24H27BrN4O4S. The molecule has 2 atom stereocenters. The lowest BCUT2D eigenvalue weighted by atomic mass is 9.89. The van der Waals surface area contributed by atoms with Crippen LogP contribution in [-0.4, -0.2) is 35.4 Å². The first-order valence-electron chi connectivity index (χ1n) is 11.2. The number of ether oxygens (including phenoxy) is 2. The van der Waals surface area contributed by atoms with Crippen molar-refractivity contribution in [2.75, 3.05) is 13.7 Å². The molecular weight excluding hydrogens is 520 g/mol. The van der Waals surface area contributed by atoms with Crippen molar-refractivity contribution in [1.82, 2.24) is 15.0 Å². The summed E-state index contributed by atoms with van der Waals surface area (Å²) in [4.78, 5) is 32.5. The van der Waals surface area contributed by atoms with Gasteiger partial charge in [-0.25, -0.2) is 10.4 Å². The van der Waals surface area contributed by atoms with Gasteiger partial charge in [0.2, 0.25) is 0 Å². The molecule has 4 rings (SSSR count). The Morgan fingerprint density at radius 3 is 3.00 bits per heavy atom. The normalized spacial score (nSPS) is 16.4. The molecule has 0 bridgehead atoms. The fourth-order valence-corrected chi connectivity index (χ4v) is 6.02. The number of halogens is 1. The van der Waals surface area contributed by atoms with Crippen molar-refractivity contribution >= 4 is 49.6 Å². The van der Waals surface area contributed by atoms with Crippen LogP contribution in [0.4, 0.5) is 0 Å². The lowest BCUT2D eigenvalue weighted by Crippen LogP contribution is -2.34. The van der Waals surface area contributed by atoms with Crippen LogP contribution in [0.3, 0.4) is 0 Å². The van der Waals surface area contributed by atoms with Crippen molar-refractivity contribution in [2.45, 2.75) is 46.1 Å². The highest BCUT2D eigenvalue weighted by Gasteiger charge is 2.25. The zero-order valence-corrected chi connectivity index (χ0v) is 22.0. The second-order valence-corrected chi connectivity index (χ2v) is 10.3. The zero-order chi connectivity index (χ0) is 24.4. The van der Waals surface area contributed by atoms with Crippen LogP contribution in [-0.2, 0) is 17.6 Å². The summed E-state index contributed by atoms with van der Waals surface area (Å²) in [5.41, 5.74) is 4.15. The minimum Gasteiger partial charge on any atom is -0.493 e. The molecule has 0 aliphatic heterocycles. The molecule has 1 amide bonds. The van der Waals surface area contributed by atoms with E-state index in [-0.39, 0.29) is 5.56 Å². The van der Waals surface area contributed by atoms with Crippen LogP contribution in [0.25, 0.3) is 10.2 Å². The molecule has 0 unspecified atom stereocenters. The fraction of sp³-hybridized carbons (Fsp3) is 0.417. The van der Waals surface area contributed by atoms with Gasteiger partial charge in [-0.2, -0.15) is 5.10 Å². The van der Waals surface area contributed by atoms with Crippen molar-refractivity contribution in [3.63, 3.8) is 0 Å². The number of amides is 1. The lowest BCUT2D eigenvalue weighted by molar-refractivity contribution is -0.123. The maximum absolute atomic E-state index is 13.3. The van der Waals surface area contributed by atoms with Crippen LogP contribution >= 0.6 is 27.3 Å². The molecule has 1 N–H and O–H groups in total. The highest BCUT2D eigenvalue weighted by atomic mass is 79.9. The van der Waals surface area contributed by atoms with Gasteiger partial charge >= 0.3 is 0 Å². The van der Waals surface area contributed by atoms with E-state index in [2.05, 4.69) is 38.4 Å². The van der Waals surface area contributed by atoms with Crippen molar-refractivity contribution in [2.24, 2.45) is 11.0 Å². The van der Waals surface area contributed by atoms with Gasteiger partial charge in [-0.1, -0.05) is 6.92 Å². The Labute approximate surface area is 210 Å². The number of benzene rings is 1. The second kappa shape index (κ2) is 10.3. The summed E-state index contributed by atoms with van der Waals surface area (Å²) in [6.07, 6.45) is 5.88. The quantitative estimate of drug-likeness (QED) is 0.348. The number of methoxy groups -OCH3 is 1. The molecule has 10 heteroatoms. The summed E-state index contributed by atoms with van der Waals surface area (Å²) in [6, 6.07) is 2.81. The number of aromatic nitrogens is 2. The summed E-state index contributed by atoms with van der Waals surface area (Å²) in [5.74, 6) is 1.36. The van der Waals surface area contributed by atoms with E-state index >= 15 is 0 Å². The molecule has 1 aliphatic carbocycles. The van der Waals surface area contributed by atoms with Crippen LogP contribution in [0, 0.1) is 5.92 Å². The predicted octanol–water partition coefficient (Wildman–Crippen LogP) is 4.46. The van der Waals surface area contributed by atoms with Gasteiger partial charge < -0.3 is 9.47 Å². The first-order valence-corrected chi connectivity index (χ1v) is 12.8. The van der Waals surface area contributed by atoms with Gasteiger partial charge in [0.1, 0.15) is 10.9 Å². The van der Waals surface area contributed by atoms with Crippen LogP contribution < -0.4 is 20.5 Å². The Morgan fingerprint density at radius 2 is 2.26 bits per heavy atom. The van der Waals surface area contributed by atoms with Crippen LogP contribution in [0.2, 0.25) is 0 Å². The summed E-state index contributed by atoms with van der Waals surface area (Å²) >= 11 is 5.06. The third kappa shape index (κ3) is 4.74. The molecule has 0 fully saturated rings. The Bertz CT molecular complexity index is 1320. The van der Waals surface area contributed by atoms with E-state index in [1.165, 1.54) is 22.0 Å². The number of thiophene rings is 1. The Kier molecular flexibility index (Phi) is 7.37. The van der Waals surface area contributed by atoms with E-state index in [9.17, 15) is 9.59 Å². The molecule has 2 heterocycles. The van der Waals surface area contributed by atoms with Crippen LogP contribution in [0.5, 0.6) is 11.5 Å². The number of carbonyl (C=O) groups excluding carboxylic acids is 1. The molecule has 0 radical (unpaired) electrons. The molecule has 1 aliphatic rings. The lowest BCUT2D eigenvalue weighted by Gasteiger charge is -2.18. The van der Waals surface area contributed by atoms with Crippen molar-refractivity contribution in [1.29, 1.82) is 0 Å². The number of hydrogen-bond acceptors (Lipinski definition) is 7. The van der Waals surface area contributed by atoms with Crippen LogP contribution in [0.1, 0.15) is 49.2 Å². The van der Waals surface area contributed by atoms with E-state index in [0.29, 0.717) is 39.4 Å². The van der Waals surface area contributed by atoms with Gasteiger partial charge in [0.25, 0.3) is 11.5 Å². The Morgan fingerprint density at radius 1 is 1.47 bits per heavy atom. The number of fused-ring (bicyclic) bond motifs is 3. The smallest absolute Gasteiger partial charge is 0.263 e. The minimum atomic E-state index is -0.763.